The van der Waals surface area contributed by atoms with Crippen molar-refractivity contribution in [1.82, 2.24) is 15.0 Å². The summed E-state index contributed by atoms with van der Waals surface area (Å²) in [4.78, 5) is 22.1. The number of pyridine rings is 1. The van der Waals surface area contributed by atoms with Gasteiger partial charge >= 0.3 is 6.18 Å². The van der Waals surface area contributed by atoms with Gasteiger partial charge in [0.1, 0.15) is 22.9 Å². The largest absolute Gasteiger partial charge is 0.490 e. The molecule has 0 radical (unpaired) electrons. The summed E-state index contributed by atoms with van der Waals surface area (Å²) in [6.07, 6.45) is 7.05. The average Bonchev–Trinajstić information content (AvgIpc) is 3.80. The Morgan fingerprint density at radius 1 is 0.959 bits per heavy atom. The number of hydrogen-bond acceptors (Lipinski definition) is 6. The third-order valence-corrected chi connectivity index (χ3v) is 11.8. The van der Waals surface area contributed by atoms with E-state index in [1.807, 2.05) is 17.0 Å². The molecule has 2 aromatic carbocycles. The minimum absolute atomic E-state index is 0.0223. The lowest BCUT2D eigenvalue weighted by atomic mass is 9.56. The maximum atomic E-state index is 13.9. The summed E-state index contributed by atoms with van der Waals surface area (Å²) >= 11 is 0. The van der Waals surface area contributed by atoms with E-state index < -0.39 is 11.7 Å². The van der Waals surface area contributed by atoms with Gasteiger partial charge in [0.15, 0.2) is 0 Å². The van der Waals surface area contributed by atoms with Gasteiger partial charge in [-0.3, -0.25) is 4.79 Å². The fourth-order valence-electron chi connectivity index (χ4n) is 8.52. The van der Waals surface area contributed by atoms with Crippen LogP contribution in [0.4, 0.5) is 18.9 Å². The van der Waals surface area contributed by atoms with Gasteiger partial charge < -0.3 is 19.1 Å². The molecule has 9 rings (SSSR count). The Hall–Kier alpha value is -4.08. The summed E-state index contributed by atoms with van der Waals surface area (Å²) in [5.41, 5.74) is 3.38. The first kappa shape index (κ1) is 30.9. The van der Waals surface area contributed by atoms with Crippen molar-refractivity contribution in [2.45, 2.75) is 88.8 Å². The number of likely N-dealkylation sites (tertiary alicyclic amines) is 1. The molecule has 5 fully saturated rings. The number of ether oxygens (including phenoxy) is 1. The quantitative estimate of drug-likeness (QED) is 0.187. The van der Waals surface area contributed by atoms with Gasteiger partial charge in [-0.1, -0.05) is 23.4 Å². The normalized spacial score (nSPS) is 21.0. The summed E-state index contributed by atoms with van der Waals surface area (Å²) in [6.45, 7) is 3.46. The molecule has 4 aromatic rings. The van der Waals surface area contributed by atoms with Gasteiger partial charge in [-0.15, -0.1) is 0 Å². The van der Waals surface area contributed by atoms with Crippen molar-refractivity contribution in [2.75, 3.05) is 31.1 Å². The zero-order chi connectivity index (χ0) is 33.3. The molecule has 7 nitrogen and oxygen atoms in total. The Morgan fingerprint density at radius 3 is 2.41 bits per heavy atom. The van der Waals surface area contributed by atoms with E-state index in [1.54, 1.807) is 6.07 Å². The predicted molar refractivity (Wildman–Crippen MR) is 180 cm³/mol. The highest BCUT2D eigenvalue weighted by Gasteiger charge is 2.47. The number of fused-ring (bicyclic) bond motifs is 1. The number of aromatic nitrogens is 2. The third-order valence-electron chi connectivity index (χ3n) is 11.8. The molecule has 3 aliphatic carbocycles. The maximum absolute atomic E-state index is 13.9. The summed E-state index contributed by atoms with van der Waals surface area (Å²) < 4.78 is 54.0. The van der Waals surface area contributed by atoms with E-state index in [4.69, 9.17) is 14.2 Å². The van der Waals surface area contributed by atoms with Crippen LogP contribution >= 0.6 is 0 Å². The Bertz CT molecular complexity index is 1890. The summed E-state index contributed by atoms with van der Waals surface area (Å²) in [6, 6.07) is 13.9. The molecule has 256 valence electrons. The highest BCUT2D eigenvalue weighted by atomic mass is 19.4. The lowest BCUT2D eigenvalue weighted by molar-refractivity contribution is -0.137. The van der Waals surface area contributed by atoms with Crippen LogP contribution in [0, 0.1) is 11.3 Å². The number of carbonyl (C=O) groups excluding carboxylic acids is 1. The number of benzene rings is 2. The zero-order valence-electron chi connectivity index (χ0n) is 27.6. The van der Waals surface area contributed by atoms with Gasteiger partial charge in [-0.05, 0) is 106 Å². The second-order valence-corrected chi connectivity index (χ2v) is 15.2. The van der Waals surface area contributed by atoms with Crippen LogP contribution in [0.2, 0.25) is 0 Å². The molecule has 0 N–H and O–H groups in total. The predicted octanol–water partition coefficient (Wildman–Crippen LogP) is 8.80. The van der Waals surface area contributed by atoms with E-state index in [2.05, 4.69) is 22.2 Å². The number of rotatable bonds is 8. The number of hydrogen-bond donors (Lipinski definition) is 0. The molecule has 0 bridgehead atoms. The first-order chi connectivity index (χ1) is 23.7. The number of nitrogens with zero attached hydrogens (tertiary/aromatic N) is 4. The Labute approximate surface area is 283 Å². The molecule has 1 spiro atoms. The molecular formula is C39H41F3N4O3. The number of amides is 1. The molecule has 4 heterocycles. The van der Waals surface area contributed by atoms with Crippen molar-refractivity contribution in [1.29, 1.82) is 0 Å². The fraction of sp³-hybridized carbons (Fsp3) is 0.513. The monoisotopic (exact) mass is 670 g/mol. The number of anilines is 1. The maximum Gasteiger partial charge on any atom is 0.417 e. The van der Waals surface area contributed by atoms with Crippen molar-refractivity contribution >= 4 is 22.5 Å². The third kappa shape index (κ3) is 5.74. The molecule has 2 aliphatic heterocycles. The van der Waals surface area contributed by atoms with Crippen LogP contribution < -0.4 is 9.64 Å². The Morgan fingerprint density at radius 2 is 1.73 bits per heavy atom. The topological polar surface area (TPSA) is 71.7 Å². The summed E-state index contributed by atoms with van der Waals surface area (Å²) in [5, 5.41) is 5.20. The first-order valence-electron chi connectivity index (χ1n) is 18.0. The second kappa shape index (κ2) is 11.8. The van der Waals surface area contributed by atoms with Gasteiger partial charge in [-0.25, -0.2) is 4.98 Å². The van der Waals surface area contributed by atoms with Crippen LogP contribution in [-0.4, -0.2) is 53.2 Å². The van der Waals surface area contributed by atoms with E-state index >= 15 is 0 Å². The average molecular weight is 671 g/mol. The van der Waals surface area contributed by atoms with Gasteiger partial charge in [0.25, 0.3) is 5.91 Å². The van der Waals surface area contributed by atoms with Crippen LogP contribution in [0.3, 0.4) is 0 Å². The second-order valence-electron chi connectivity index (χ2n) is 15.2. The standard InChI is InChI=1S/C39H41F3N4O3/c40-39(41,42)31-8-2-1-7-28(31)35-30(36(49-44-35)25-9-10-25)19-24-22-38(23-24)13-17-45(18-14-38)26-11-12-32-29(20-26)34(48-27-5-3-6-27)21-33(43-32)37(47)46-15-4-16-46/h1-2,7-8,11-12,20-21,24-25,27H,3-6,9-10,13-19,22-23H2. The molecule has 10 heteroatoms. The van der Waals surface area contributed by atoms with Crippen molar-refractivity contribution in [3.63, 3.8) is 0 Å². The molecular weight excluding hydrogens is 629 g/mol. The molecule has 49 heavy (non-hydrogen) atoms. The molecule has 0 atom stereocenters. The number of carbonyl (C=O) groups is 1. The van der Waals surface area contributed by atoms with E-state index in [-0.39, 0.29) is 28.9 Å². The molecule has 3 saturated carbocycles. The highest BCUT2D eigenvalue weighted by Crippen LogP contribution is 2.55. The van der Waals surface area contributed by atoms with Crippen LogP contribution in [0.25, 0.3) is 22.2 Å². The molecule has 1 amide bonds. The van der Waals surface area contributed by atoms with Gasteiger partial charge in [0.05, 0.1) is 17.2 Å². The number of piperidine rings is 1. The molecule has 2 aromatic heterocycles. The zero-order valence-corrected chi connectivity index (χ0v) is 27.6. The lowest BCUT2D eigenvalue weighted by Gasteiger charge is -2.53. The highest BCUT2D eigenvalue weighted by molar-refractivity contribution is 5.98. The fourth-order valence-corrected chi connectivity index (χ4v) is 8.52. The van der Waals surface area contributed by atoms with Crippen LogP contribution in [0.15, 0.2) is 53.1 Å². The van der Waals surface area contributed by atoms with Crippen molar-refractivity contribution in [3.8, 4) is 17.0 Å². The van der Waals surface area contributed by atoms with Gasteiger partial charge in [0.2, 0.25) is 0 Å². The summed E-state index contributed by atoms with van der Waals surface area (Å²) in [5.74, 6) is 2.21. The van der Waals surface area contributed by atoms with Gasteiger partial charge in [0, 0.05) is 60.4 Å². The van der Waals surface area contributed by atoms with E-state index in [0.717, 1.165) is 124 Å². The van der Waals surface area contributed by atoms with Crippen LogP contribution in [-0.2, 0) is 12.6 Å². The minimum Gasteiger partial charge on any atom is -0.490 e. The number of alkyl halides is 3. The smallest absolute Gasteiger partial charge is 0.417 e. The van der Waals surface area contributed by atoms with E-state index in [9.17, 15) is 18.0 Å². The molecule has 2 saturated heterocycles. The Balaban J connectivity index is 0.896. The lowest BCUT2D eigenvalue weighted by Crippen LogP contribution is -2.47. The SMILES string of the molecule is O=C(c1cc(OC2CCC2)c2cc(N3CCC4(CC3)CC(Cc3c(-c5ccccc5C(F)(F)F)noc3C3CC3)C4)ccc2n1)N1CCC1. The van der Waals surface area contributed by atoms with Crippen LogP contribution in [0.5, 0.6) is 5.75 Å². The van der Waals surface area contributed by atoms with Crippen molar-refractivity contribution in [3.05, 3.63) is 71.1 Å². The van der Waals surface area contributed by atoms with E-state index in [1.165, 1.54) is 18.6 Å². The number of halogens is 3. The van der Waals surface area contributed by atoms with Crippen molar-refractivity contribution < 1.29 is 27.2 Å². The first-order valence-corrected chi connectivity index (χ1v) is 18.0. The Kier molecular flexibility index (Phi) is 7.43. The van der Waals surface area contributed by atoms with Crippen LogP contribution in [0.1, 0.15) is 97.5 Å². The molecule has 5 aliphatic rings. The van der Waals surface area contributed by atoms with Crippen molar-refractivity contribution in [2.24, 2.45) is 11.3 Å². The van der Waals surface area contributed by atoms with E-state index in [0.29, 0.717) is 23.7 Å². The minimum atomic E-state index is -4.45. The summed E-state index contributed by atoms with van der Waals surface area (Å²) in [7, 11) is 0. The van der Waals surface area contributed by atoms with Gasteiger partial charge in [-0.2, -0.15) is 13.2 Å². The molecule has 0 unspecified atom stereocenters.